The fraction of sp³-hybridized carbons (Fsp3) is 0.643. The van der Waals surface area contributed by atoms with E-state index in [1.807, 2.05) is 6.92 Å². The molecule has 6 heteroatoms. The first-order valence-electron chi connectivity index (χ1n) is 7.19. The Bertz CT molecular complexity index is 477. The first-order valence-corrected chi connectivity index (χ1v) is 7.19. The topological polar surface area (TPSA) is 70.2 Å². The van der Waals surface area contributed by atoms with Crippen molar-refractivity contribution in [3.8, 4) is 0 Å². The van der Waals surface area contributed by atoms with Crippen LogP contribution in [0.15, 0.2) is 6.33 Å². The number of nitrogens with one attached hydrogen (secondary N) is 2. The number of hydrogen-bond donors (Lipinski definition) is 2. The summed E-state index contributed by atoms with van der Waals surface area (Å²) in [7, 11) is 0. The van der Waals surface area contributed by atoms with Crippen molar-refractivity contribution in [1.29, 1.82) is 0 Å². The molecule has 1 aliphatic rings. The standard InChI is InChI=1S/C14H23N5O/c1-4-6-15-13-10(2)14(17-9-16-13)19-7-5-12(8-19)18-11(3)20/h9,12H,4-8H2,1-3H3,(H,18,20)(H,15,16,17). The maximum atomic E-state index is 11.1. The summed E-state index contributed by atoms with van der Waals surface area (Å²) < 4.78 is 0. The predicted molar refractivity (Wildman–Crippen MR) is 80.0 cm³/mol. The van der Waals surface area contributed by atoms with Gasteiger partial charge in [0.2, 0.25) is 5.91 Å². The normalized spacial score (nSPS) is 18.1. The van der Waals surface area contributed by atoms with Crippen molar-refractivity contribution >= 4 is 17.5 Å². The Balaban J connectivity index is 2.07. The molecule has 20 heavy (non-hydrogen) atoms. The highest BCUT2D eigenvalue weighted by molar-refractivity contribution is 5.73. The Morgan fingerprint density at radius 3 is 3.00 bits per heavy atom. The maximum absolute atomic E-state index is 11.1. The van der Waals surface area contributed by atoms with Crippen molar-refractivity contribution in [2.75, 3.05) is 29.9 Å². The van der Waals surface area contributed by atoms with Gasteiger partial charge in [0.25, 0.3) is 0 Å². The molecule has 1 saturated heterocycles. The summed E-state index contributed by atoms with van der Waals surface area (Å²) in [5.74, 6) is 1.90. The van der Waals surface area contributed by atoms with Gasteiger partial charge in [0.05, 0.1) is 0 Å². The molecule has 2 rings (SSSR count). The number of carbonyl (C=O) groups is 1. The minimum Gasteiger partial charge on any atom is -0.370 e. The van der Waals surface area contributed by atoms with E-state index in [2.05, 4.69) is 32.4 Å². The van der Waals surface area contributed by atoms with Gasteiger partial charge in [0, 0.05) is 38.2 Å². The molecule has 0 bridgehead atoms. The second-order valence-corrected chi connectivity index (χ2v) is 5.23. The SMILES string of the molecule is CCCNc1ncnc(N2CCC(NC(C)=O)C2)c1C. The largest absolute Gasteiger partial charge is 0.370 e. The van der Waals surface area contributed by atoms with E-state index in [1.54, 1.807) is 13.3 Å². The lowest BCUT2D eigenvalue weighted by atomic mass is 10.2. The van der Waals surface area contributed by atoms with Crippen LogP contribution in [0.25, 0.3) is 0 Å². The lowest BCUT2D eigenvalue weighted by molar-refractivity contribution is -0.119. The van der Waals surface area contributed by atoms with Gasteiger partial charge in [-0.3, -0.25) is 4.79 Å². The summed E-state index contributed by atoms with van der Waals surface area (Å²) in [6, 6.07) is 0.217. The molecule has 0 aromatic carbocycles. The van der Waals surface area contributed by atoms with Gasteiger partial charge < -0.3 is 15.5 Å². The highest BCUT2D eigenvalue weighted by atomic mass is 16.1. The minimum absolute atomic E-state index is 0.0292. The van der Waals surface area contributed by atoms with Crippen molar-refractivity contribution in [3.05, 3.63) is 11.9 Å². The highest BCUT2D eigenvalue weighted by Gasteiger charge is 2.25. The molecule has 1 unspecified atom stereocenters. The van der Waals surface area contributed by atoms with E-state index in [1.165, 1.54) is 0 Å². The quantitative estimate of drug-likeness (QED) is 0.849. The van der Waals surface area contributed by atoms with Crippen molar-refractivity contribution in [2.45, 2.75) is 39.7 Å². The van der Waals surface area contributed by atoms with Crippen LogP contribution in [-0.4, -0.2) is 41.6 Å². The molecular weight excluding hydrogens is 254 g/mol. The van der Waals surface area contributed by atoms with Crippen LogP contribution in [0, 0.1) is 6.92 Å². The van der Waals surface area contributed by atoms with Crippen LogP contribution in [0.4, 0.5) is 11.6 Å². The van der Waals surface area contributed by atoms with Crippen molar-refractivity contribution in [1.82, 2.24) is 15.3 Å². The fourth-order valence-corrected chi connectivity index (χ4v) is 2.54. The number of carbonyl (C=O) groups excluding carboxylic acids is 1. The van der Waals surface area contributed by atoms with Gasteiger partial charge in [-0.25, -0.2) is 9.97 Å². The molecule has 1 aromatic rings. The fourth-order valence-electron chi connectivity index (χ4n) is 2.54. The molecule has 110 valence electrons. The van der Waals surface area contributed by atoms with Gasteiger partial charge in [-0.15, -0.1) is 0 Å². The van der Waals surface area contributed by atoms with Crippen molar-refractivity contribution in [3.63, 3.8) is 0 Å². The van der Waals surface area contributed by atoms with E-state index in [0.717, 1.165) is 49.7 Å². The number of aromatic nitrogens is 2. The molecule has 0 aliphatic carbocycles. The van der Waals surface area contributed by atoms with E-state index in [-0.39, 0.29) is 11.9 Å². The van der Waals surface area contributed by atoms with Gasteiger partial charge in [-0.2, -0.15) is 0 Å². The zero-order valence-electron chi connectivity index (χ0n) is 12.4. The van der Waals surface area contributed by atoms with E-state index >= 15 is 0 Å². The minimum atomic E-state index is 0.0292. The summed E-state index contributed by atoms with van der Waals surface area (Å²) in [5.41, 5.74) is 1.07. The van der Waals surface area contributed by atoms with Gasteiger partial charge in [0.15, 0.2) is 0 Å². The predicted octanol–water partition coefficient (Wildman–Crippen LogP) is 1.32. The summed E-state index contributed by atoms with van der Waals surface area (Å²) in [4.78, 5) is 22.0. The lowest BCUT2D eigenvalue weighted by Crippen LogP contribution is -2.35. The van der Waals surface area contributed by atoms with Gasteiger partial charge in [-0.05, 0) is 19.8 Å². The smallest absolute Gasteiger partial charge is 0.217 e. The number of nitrogens with zero attached hydrogens (tertiary/aromatic N) is 3. The molecule has 1 amide bonds. The maximum Gasteiger partial charge on any atom is 0.217 e. The number of hydrogen-bond acceptors (Lipinski definition) is 5. The average molecular weight is 277 g/mol. The second-order valence-electron chi connectivity index (χ2n) is 5.23. The van der Waals surface area contributed by atoms with Crippen LogP contribution >= 0.6 is 0 Å². The second kappa shape index (κ2) is 6.54. The summed E-state index contributed by atoms with van der Waals surface area (Å²) >= 11 is 0. The van der Waals surface area contributed by atoms with E-state index in [4.69, 9.17) is 0 Å². The van der Waals surface area contributed by atoms with Crippen LogP contribution in [-0.2, 0) is 4.79 Å². The van der Waals surface area contributed by atoms with Crippen LogP contribution in [0.5, 0.6) is 0 Å². The molecule has 1 fully saturated rings. The Morgan fingerprint density at radius 2 is 2.30 bits per heavy atom. The summed E-state index contributed by atoms with van der Waals surface area (Å²) in [6.07, 6.45) is 3.62. The molecule has 1 aliphatic heterocycles. The Morgan fingerprint density at radius 1 is 1.50 bits per heavy atom. The third-order valence-electron chi connectivity index (χ3n) is 3.50. The molecular formula is C14H23N5O. The van der Waals surface area contributed by atoms with E-state index < -0.39 is 0 Å². The molecule has 0 spiro atoms. The van der Waals surface area contributed by atoms with Crippen LogP contribution in [0.3, 0.4) is 0 Å². The highest BCUT2D eigenvalue weighted by Crippen LogP contribution is 2.25. The van der Waals surface area contributed by atoms with E-state index in [0.29, 0.717) is 0 Å². The molecule has 6 nitrogen and oxygen atoms in total. The zero-order chi connectivity index (χ0) is 14.5. The first kappa shape index (κ1) is 14.6. The van der Waals surface area contributed by atoms with Gasteiger partial charge in [0.1, 0.15) is 18.0 Å². The lowest BCUT2D eigenvalue weighted by Gasteiger charge is -2.21. The number of anilines is 2. The number of amides is 1. The van der Waals surface area contributed by atoms with Crippen LogP contribution < -0.4 is 15.5 Å². The van der Waals surface area contributed by atoms with Crippen molar-refractivity contribution < 1.29 is 4.79 Å². The monoisotopic (exact) mass is 277 g/mol. The average Bonchev–Trinajstić information content (AvgIpc) is 2.85. The molecule has 1 aromatic heterocycles. The van der Waals surface area contributed by atoms with Gasteiger partial charge in [-0.1, -0.05) is 6.92 Å². The number of rotatable bonds is 5. The summed E-state index contributed by atoms with van der Waals surface area (Å²) in [5, 5.41) is 6.29. The molecule has 1 atom stereocenters. The first-order chi connectivity index (χ1) is 9.61. The molecule has 0 saturated carbocycles. The molecule has 0 radical (unpaired) electrons. The Labute approximate surface area is 120 Å². The van der Waals surface area contributed by atoms with E-state index in [9.17, 15) is 4.79 Å². The Kier molecular flexibility index (Phi) is 4.76. The molecule has 2 N–H and O–H groups in total. The van der Waals surface area contributed by atoms with Crippen molar-refractivity contribution in [2.24, 2.45) is 0 Å². The molecule has 2 heterocycles. The Hall–Kier alpha value is -1.85. The van der Waals surface area contributed by atoms with Crippen LogP contribution in [0.1, 0.15) is 32.3 Å². The van der Waals surface area contributed by atoms with Crippen LogP contribution in [0.2, 0.25) is 0 Å². The zero-order valence-corrected chi connectivity index (χ0v) is 12.4. The third kappa shape index (κ3) is 3.37. The summed E-state index contributed by atoms with van der Waals surface area (Å²) in [6.45, 7) is 8.36. The van der Waals surface area contributed by atoms with Gasteiger partial charge >= 0.3 is 0 Å². The third-order valence-corrected chi connectivity index (χ3v) is 3.50.